The number of carbonyl (C=O) groups excluding carboxylic acids is 2. The van der Waals surface area contributed by atoms with Gasteiger partial charge in [0.05, 0.1) is 30.1 Å². The summed E-state index contributed by atoms with van der Waals surface area (Å²) < 4.78 is 5.57. The molecule has 0 aromatic carbocycles. The van der Waals surface area contributed by atoms with Gasteiger partial charge in [-0.25, -0.2) is 9.98 Å². The second-order valence-electron chi connectivity index (χ2n) is 11.0. The van der Waals surface area contributed by atoms with Gasteiger partial charge in [-0.1, -0.05) is 26.7 Å². The van der Waals surface area contributed by atoms with Gasteiger partial charge in [-0.05, 0) is 12.3 Å². The fraction of sp³-hybridized carbons (Fsp3) is 0.654. The molecule has 0 spiro atoms. The number of guanidine groups is 1. The van der Waals surface area contributed by atoms with E-state index in [1.165, 1.54) is 13.3 Å². The third-order valence-corrected chi connectivity index (χ3v) is 8.51. The smallest absolute Gasteiger partial charge is 0.311 e. The number of hydrogen-bond acceptors (Lipinski definition) is 10. The quantitative estimate of drug-likeness (QED) is 0.0833. The van der Waals surface area contributed by atoms with E-state index in [1.807, 2.05) is 13.8 Å². The van der Waals surface area contributed by atoms with Crippen molar-refractivity contribution in [3.05, 3.63) is 18.1 Å². The molecule has 15 heteroatoms. The average Bonchev–Trinajstić information content (AvgIpc) is 3.57. The van der Waals surface area contributed by atoms with Crippen LogP contribution >= 0.6 is 0 Å². The second-order valence-corrected chi connectivity index (χ2v) is 11.0. The first-order chi connectivity index (χ1) is 19.5. The molecule has 0 radical (unpaired) electrons. The van der Waals surface area contributed by atoms with E-state index in [-0.39, 0.29) is 30.8 Å². The normalized spacial score (nSPS) is 30.4. The number of amides is 1. The number of nitrogens with two attached hydrogens (primary N) is 3. The van der Waals surface area contributed by atoms with Crippen LogP contribution in [0.4, 0.5) is 5.82 Å². The minimum Gasteiger partial charge on any atom is -0.464 e. The molecule has 1 amide bonds. The van der Waals surface area contributed by atoms with Crippen molar-refractivity contribution in [3.8, 4) is 0 Å². The lowest BCUT2D eigenvalue weighted by atomic mass is 9.80. The van der Waals surface area contributed by atoms with Crippen molar-refractivity contribution in [1.29, 1.82) is 0 Å². The molecule has 2 aromatic rings. The van der Waals surface area contributed by atoms with Crippen LogP contribution in [-0.2, 0) is 14.3 Å². The SMILES string of the molecule is CCC(CC)C(NC(C)=O)C1C(N=C(N)N)CC(C(=O)OCC2NC(c3c[nH]c4c(N)[nH+]cnc34)C(O)C2O)C1O. The molecule has 9 unspecified atom stereocenters. The summed E-state index contributed by atoms with van der Waals surface area (Å²) in [6, 6.07) is -2.58. The number of aliphatic imine (C=N–C) groups is 1. The molecular formula is C26H42N9O6+. The van der Waals surface area contributed by atoms with E-state index in [0.29, 0.717) is 22.4 Å². The molecule has 41 heavy (non-hydrogen) atoms. The highest BCUT2D eigenvalue weighted by atomic mass is 16.5. The lowest BCUT2D eigenvalue weighted by molar-refractivity contribution is -0.363. The summed E-state index contributed by atoms with van der Waals surface area (Å²) in [4.78, 5) is 39.7. The van der Waals surface area contributed by atoms with Crippen LogP contribution in [-0.4, -0.2) is 86.2 Å². The number of aliphatic hydroxyl groups is 3. The second kappa shape index (κ2) is 12.5. The molecule has 1 aliphatic carbocycles. The number of hydrogen-bond donors (Lipinski definition) is 9. The molecule has 15 nitrogen and oxygen atoms in total. The maximum absolute atomic E-state index is 13.3. The Morgan fingerprint density at radius 3 is 2.56 bits per heavy atom. The van der Waals surface area contributed by atoms with Crippen LogP contribution in [0.5, 0.6) is 0 Å². The van der Waals surface area contributed by atoms with E-state index in [1.54, 1.807) is 6.20 Å². The van der Waals surface area contributed by atoms with Crippen molar-refractivity contribution in [2.24, 2.45) is 34.2 Å². The van der Waals surface area contributed by atoms with Crippen LogP contribution in [0.25, 0.3) is 11.0 Å². The van der Waals surface area contributed by atoms with Gasteiger partial charge in [0.1, 0.15) is 18.8 Å². The highest BCUT2D eigenvalue weighted by Crippen LogP contribution is 2.40. The predicted octanol–water partition coefficient (Wildman–Crippen LogP) is -2.18. The van der Waals surface area contributed by atoms with E-state index < -0.39 is 60.3 Å². The number of anilines is 1. The van der Waals surface area contributed by atoms with E-state index in [4.69, 9.17) is 21.9 Å². The number of fused-ring (bicyclic) bond motifs is 1. The van der Waals surface area contributed by atoms with Gasteiger partial charge in [0.2, 0.25) is 18.1 Å². The van der Waals surface area contributed by atoms with Gasteiger partial charge < -0.3 is 47.6 Å². The van der Waals surface area contributed by atoms with Crippen molar-refractivity contribution in [1.82, 2.24) is 20.6 Å². The summed E-state index contributed by atoms with van der Waals surface area (Å²) in [7, 11) is 0. The molecule has 1 saturated carbocycles. The molecular weight excluding hydrogens is 534 g/mol. The monoisotopic (exact) mass is 576 g/mol. The third kappa shape index (κ3) is 6.07. The summed E-state index contributed by atoms with van der Waals surface area (Å²) in [6.45, 7) is 5.13. The minimum absolute atomic E-state index is 0.0218. The number of H-pyrrole nitrogens is 2. The molecule has 2 aliphatic rings. The molecule has 226 valence electrons. The Morgan fingerprint density at radius 2 is 1.93 bits per heavy atom. The van der Waals surface area contributed by atoms with E-state index in [0.717, 1.165) is 12.8 Å². The fourth-order valence-corrected chi connectivity index (χ4v) is 6.44. The van der Waals surface area contributed by atoms with Crippen molar-refractivity contribution in [3.63, 3.8) is 0 Å². The van der Waals surface area contributed by atoms with Crippen LogP contribution in [0.2, 0.25) is 0 Å². The predicted molar refractivity (Wildman–Crippen MR) is 149 cm³/mol. The number of esters is 1. The highest BCUT2D eigenvalue weighted by Gasteiger charge is 2.52. The van der Waals surface area contributed by atoms with Crippen LogP contribution in [0.1, 0.15) is 51.6 Å². The largest absolute Gasteiger partial charge is 0.464 e. The molecule has 1 saturated heterocycles. The first kappa shape index (κ1) is 30.4. The lowest BCUT2D eigenvalue weighted by Crippen LogP contribution is -2.51. The van der Waals surface area contributed by atoms with Crippen LogP contribution in [0.15, 0.2) is 17.5 Å². The van der Waals surface area contributed by atoms with Crippen LogP contribution < -0.4 is 32.8 Å². The number of rotatable bonds is 10. The Hall–Kier alpha value is -3.53. The van der Waals surface area contributed by atoms with Gasteiger partial charge in [0, 0.05) is 30.6 Å². The summed E-state index contributed by atoms with van der Waals surface area (Å²) in [5.41, 5.74) is 19.0. The zero-order chi connectivity index (χ0) is 30.0. The topological polar surface area (TPSA) is 261 Å². The van der Waals surface area contributed by atoms with Gasteiger partial charge in [-0.3, -0.25) is 14.9 Å². The molecule has 2 fully saturated rings. The van der Waals surface area contributed by atoms with Crippen molar-refractivity contribution in [2.75, 3.05) is 12.3 Å². The van der Waals surface area contributed by atoms with Gasteiger partial charge in [-0.15, -0.1) is 4.98 Å². The van der Waals surface area contributed by atoms with E-state index >= 15 is 0 Å². The highest BCUT2D eigenvalue weighted by molar-refractivity contribution is 5.86. The maximum atomic E-state index is 13.3. The molecule has 9 atom stereocenters. The van der Waals surface area contributed by atoms with Gasteiger partial charge >= 0.3 is 5.97 Å². The van der Waals surface area contributed by atoms with Crippen molar-refractivity contribution in [2.45, 2.75) is 82.5 Å². The van der Waals surface area contributed by atoms with Gasteiger partial charge in [0.15, 0.2) is 17.0 Å². The zero-order valence-electron chi connectivity index (χ0n) is 23.4. The molecule has 4 rings (SSSR count). The average molecular weight is 577 g/mol. The number of nitrogen functional groups attached to an aromatic ring is 1. The fourth-order valence-electron chi connectivity index (χ4n) is 6.44. The van der Waals surface area contributed by atoms with Crippen molar-refractivity contribution >= 4 is 34.7 Å². The minimum atomic E-state index is -1.25. The zero-order valence-corrected chi connectivity index (χ0v) is 23.4. The summed E-state index contributed by atoms with van der Waals surface area (Å²) in [6.07, 6.45) is 1.02. The Balaban J connectivity index is 1.48. The van der Waals surface area contributed by atoms with Crippen LogP contribution in [0.3, 0.4) is 0 Å². The number of aliphatic hydroxyl groups excluding tert-OH is 3. The molecule has 2 aromatic heterocycles. The third-order valence-electron chi connectivity index (χ3n) is 8.51. The maximum Gasteiger partial charge on any atom is 0.311 e. The number of nitrogens with zero attached hydrogens (tertiary/aromatic N) is 2. The first-order valence-electron chi connectivity index (χ1n) is 13.9. The van der Waals surface area contributed by atoms with E-state index in [2.05, 4.69) is 30.6 Å². The molecule has 3 heterocycles. The summed E-state index contributed by atoms with van der Waals surface area (Å²) in [5, 5.41) is 39.0. The Labute approximate surface area is 237 Å². The first-order valence-corrected chi connectivity index (χ1v) is 13.9. The molecule has 13 N–H and O–H groups in total. The summed E-state index contributed by atoms with van der Waals surface area (Å²) in [5.74, 6) is -2.32. The molecule has 0 bridgehead atoms. The number of aromatic nitrogens is 3. The number of carbonyl (C=O) groups is 2. The number of ether oxygens (including phenoxy) is 1. The lowest BCUT2D eigenvalue weighted by Gasteiger charge is -2.35. The summed E-state index contributed by atoms with van der Waals surface area (Å²) >= 11 is 0. The standard InChI is InChI=1S/C26H41N9O6/c1-4-11(5-2)17(33-10(3)36)16-14(35-26(28)29)6-12(21(16)37)25(40)41-8-15-22(38)23(39)19(34-15)13-7-30-20-18(13)31-9-32-24(20)27/h7,9,11-12,14-17,19,21-23,30,34,37-39H,4-6,8H2,1-3H3,(H,33,36)(H2,27,31,32)(H4,28,29,35)/p+1. The van der Waals surface area contributed by atoms with Gasteiger partial charge in [-0.2, -0.15) is 0 Å². The Morgan fingerprint density at radius 1 is 1.22 bits per heavy atom. The number of aromatic amines is 2. The van der Waals surface area contributed by atoms with Crippen LogP contribution in [0, 0.1) is 17.8 Å². The molecule has 1 aliphatic heterocycles. The van der Waals surface area contributed by atoms with Gasteiger partial charge in [0.25, 0.3) is 0 Å². The van der Waals surface area contributed by atoms with E-state index in [9.17, 15) is 24.9 Å². The Kier molecular flexibility index (Phi) is 9.31. The van der Waals surface area contributed by atoms with Crippen molar-refractivity contribution < 1.29 is 34.6 Å². The Bertz CT molecular complexity index is 1260. The number of nitrogens with one attached hydrogen (secondary N) is 4.